The smallest absolute Gasteiger partial charge is 0.00576 e. The van der Waals surface area contributed by atoms with E-state index in [2.05, 4.69) is 106 Å². The van der Waals surface area contributed by atoms with Gasteiger partial charge in [-0.25, -0.2) is 0 Å². The van der Waals surface area contributed by atoms with Gasteiger partial charge in [-0.05, 0) is 68.0 Å². The van der Waals surface area contributed by atoms with Gasteiger partial charge in [0.25, 0.3) is 0 Å². The van der Waals surface area contributed by atoms with Crippen molar-refractivity contribution in [1.82, 2.24) is 0 Å². The van der Waals surface area contributed by atoms with E-state index in [4.69, 9.17) is 0 Å². The first-order chi connectivity index (χ1) is 13.7. The molecule has 30 heavy (non-hydrogen) atoms. The van der Waals surface area contributed by atoms with Gasteiger partial charge in [0, 0.05) is 0 Å². The predicted octanol–water partition coefficient (Wildman–Crippen LogP) is 8.99. The molecule has 0 heterocycles. The summed E-state index contributed by atoms with van der Waals surface area (Å²) in [5, 5.41) is 0. The molecule has 0 saturated heterocycles. The van der Waals surface area contributed by atoms with Gasteiger partial charge in [-0.2, -0.15) is 0 Å². The average molecular weight is 403 g/mol. The van der Waals surface area contributed by atoms with Crippen LogP contribution in [-0.2, 0) is 22.7 Å². The molecule has 0 amide bonds. The van der Waals surface area contributed by atoms with Gasteiger partial charge in [-0.1, -0.05) is 118 Å². The lowest BCUT2D eigenvalue weighted by Crippen LogP contribution is -2.18. The second-order valence-corrected chi connectivity index (χ2v) is 12.3. The van der Waals surface area contributed by atoms with Gasteiger partial charge in [0.2, 0.25) is 0 Å². The summed E-state index contributed by atoms with van der Waals surface area (Å²) in [7, 11) is 0. The molecule has 0 unspecified atom stereocenters. The molecule has 0 aliphatic heterocycles. The molecule has 2 aromatic carbocycles. The van der Waals surface area contributed by atoms with E-state index in [0.717, 1.165) is 6.42 Å². The second kappa shape index (κ2) is 7.70. The summed E-state index contributed by atoms with van der Waals surface area (Å²) >= 11 is 0. The molecule has 162 valence electrons. The van der Waals surface area contributed by atoms with Crippen LogP contribution < -0.4 is 0 Å². The second-order valence-electron chi connectivity index (χ2n) is 12.3. The van der Waals surface area contributed by atoms with Gasteiger partial charge in [0.05, 0.1) is 0 Å². The largest absolute Gasteiger partial charge is 0.0652 e. The number of allylic oxidation sites excluding steroid dienone is 1. The van der Waals surface area contributed by atoms with Crippen molar-refractivity contribution < 1.29 is 0 Å². The van der Waals surface area contributed by atoms with Crippen LogP contribution in [0.1, 0.15) is 110 Å². The van der Waals surface area contributed by atoms with Gasteiger partial charge >= 0.3 is 0 Å². The van der Waals surface area contributed by atoms with Crippen LogP contribution in [0.4, 0.5) is 0 Å². The first-order valence-electron chi connectivity index (χ1n) is 11.7. The minimum absolute atomic E-state index is 0.103. The molecule has 2 aromatic rings. The maximum atomic E-state index is 2.50. The van der Waals surface area contributed by atoms with Crippen molar-refractivity contribution in [2.24, 2.45) is 0 Å². The van der Waals surface area contributed by atoms with Crippen LogP contribution in [0.5, 0.6) is 0 Å². The highest BCUT2D eigenvalue weighted by atomic mass is 14.3. The standard InChI is InChI=1S/C30H42/c1-11-12-20-15-21-13-14-26(30(8,9)10)27(25(21)16-20)22-17-23(28(2,3)4)19-24(18-22)29(5,6)7/h13-14,16-19H,11-12,15H2,1-10H3. The van der Waals surface area contributed by atoms with Gasteiger partial charge in [-0.15, -0.1) is 0 Å². The van der Waals surface area contributed by atoms with Crippen LogP contribution in [-0.4, -0.2) is 0 Å². The van der Waals surface area contributed by atoms with E-state index in [1.807, 2.05) is 0 Å². The summed E-state index contributed by atoms with van der Waals surface area (Å²) in [5.74, 6) is 0. The maximum absolute atomic E-state index is 2.50. The Bertz CT molecular complexity index is 931. The molecule has 0 heteroatoms. The summed E-state index contributed by atoms with van der Waals surface area (Å²) < 4.78 is 0. The quantitative estimate of drug-likeness (QED) is 0.480. The van der Waals surface area contributed by atoms with E-state index in [-0.39, 0.29) is 16.2 Å². The van der Waals surface area contributed by atoms with Crippen molar-refractivity contribution >= 4 is 6.08 Å². The molecule has 0 nitrogen and oxygen atoms in total. The van der Waals surface area contributed by atoms with Crippen LogP contribution in [0, 0.1) is 0 Å². The fourth-order valence-corrected chi connectivity index (χ4v) is 4.54. The van der Waals surface area contributed by atoms with Crippen LogP contribution in [0.2, 0.25) is 0 Å². The van der Waals surface area contributed by atoms with Crippen molar-refractivity contribution in [3.05, 3.63) is 63.7 Å². The molecule has 0 saturated carbocycles. The SMILES string of the molecule is CCCC1=Cc2c(ccc(C(C)(C)C)c2-c2cc(C(C)(C)C)cc(C(C)(C)C)c2)C1. The molecule has 0 atom stereocenters. The van der Waals surface area contributed by atoms with Crippen LogP contribution in [0.3, 0.4) is 0 Å². The molecule has 0 aromatic heterocycles. The summed E-state index contributed by atoms with van der Waals surface area (Å²) in [4.78, 5) is 0. The highest BCUT2D eigenvalue weighted by Gasteiger charge is 2.27. The molecule has 0 spiro atoms. The minimum Gasteiger partial charge on any atom is -0.0652 e. The fraction of sp³-hybridized carbons (Fsp3) is 0.533. The predicted molar refractivity (Wildman–Crippen MR) is 135 cm³/mol. The third-order valence-corrected chi connectivity index (χ3v) is 6.43. The molecule has 0 fully saturated rings. The Morgan fingerprint density at radius 1 is 0.733 bits per heavy atom. The van der Waals surface area contributed by atoms with Crippen LogP contribution >= 0.6 is 0 Å². The molecular formula is C30H42. The van der Waals surface area contributed by atoms with Crippen molar-refractivity contribution in [1.29, 1.82) is 0 Å². The Morgan fingerprint density at radius 2 is 1.30 bits per heavy atom. The van der Waals surface area contributed by atoms with E-state index >= 15 is 0 Å². The lowest BCUT2D eigenvalue weighted by molar-refractivity contribution is 0.568. The Kier molecular flexibility index (Phi) is 5.87. The number of benzene rings is 2. The molecular weight excluding hydrogens is 360 g/mol. The Hall–Kier alpha value is -1.82. The lowest BCUT2D eigenvalue weighted by Gasteiger charge is -2.29. The maximum Gasteiger partial charge on any atom is -0.00576 e. The zero-order chi connectivity index (χ0) is 22.5. The Morgan fingerprint density at radius 3 is 1.77 bits per heavy atom. The normalized spacial score (nSPS) is 14.7. The zero-order valence-corrected chi connectivity index (χ0v) is 21.1. The summed E-state index contributed by atoms with van der Waals surface area (Å²) in [6.07, 6.45) is 6.04. The Balaban J connectivity index is 2.36. The first kappa shape index (κ1) is 22.9. The highest BCUT2D eigenvalue weighted by molar-refractivity contribution is 5.84. The number of rotatable bonds is 3. The number of hydrogen-bond donors (Lipinski definition) is 0. The molecule has 3 rings (SSSR count). The van der Waals surface area contributed by atoms with E-state index in [0.29, 0.717) is 0 Å². The Labute approximate surface area is 185 Å². The lowest BCUT2D eigenvalue weighted by atomic mass is 9.75. The van der Waals surface area contributed by atoms with E-state index in [9.17, 15) is 0 Å². The van der Waals surface area contributed by atoms with E-state index < -0.39 is 0 Å². The van der Waals surface area contributed by atoms with Gasteiger partial charge in [0.15, 0.2) is 0 Å². The number of hydrogen-bond acceptors (Lipinski definition) is 0. The van der Waals surface area contributed by atoms with Crippen LogP contribution in [0.15, 0.2) is 35.9 Å². The van der Waals surface area contributed by atoms with Gasteiger partial charge in [-0.3, -0.25) is 0 Å². The monoisotopic (exact) mass is 402 g/mol. The van der Waals surface area contributed by atoms with Crippen molar-refractivity contribution in [3.8, 4) is 11.1 Å². The van der Waals surface area contributed by atoms with Crippen molar-refractivity contribution in [3.63, 3.8) is 0 Å². The van der Waals surface area contributed by atoms with E-state index in [1.54, 1.807) is 5.57 Å². The molecule has 0 bridgehead atoms. The molecule has 0 radical (unpaired) electrons. The molecule has 1 aliphatic rings. The summed E-state index contributed by atoms with van der Waals surface area (Å²) in [6.45, 7) is 23.3. The van der Waals surface area contributed by atoms with Crippen molar-refractivity contribution in [2.45, 2.75) is 105 Å². The third kappa shape index (κ3) is 4.58. The van der Waals surface area contributed by atoms with Crippen molar-refractivity contribution in [2.75, 3.05) is 0 Å². The van der Waals surface area contributed by atoms with Gasteiger partial charge in [0.1, 0.15) is 0 Å². The highest BCUT2D eigenvalue weighted by Crippen LogP contribution is 2.44. The first-order valence-corrected chi connectivity index (χ1v) is 11.7. The summed E-state index contributed by atoms with van der Waals surface area (Å²) in [5.41, 5.74) is 12.1. The number of fused-ring (bicyclic) bond motifs is 1. The molecule has 1 aliphatic carbocycles. The van der Waals surface area contributed by atoms with Crippen LogP contribution in [0.25, 0.3) is 17.2 Å². The van der Waals surface area contributed by atoms with Gasteiger partial charge < -0.3 is 0 Å². The third-order valence-electron chi connectivity index (χ3n) is 6.43. The molecule has 0 N–H and O–H groups in total. The fourth-order valence-electron chi connectivity index (χ4n) is 4.54. The van der Waals surface area contributed by atoms with E-state index in [1.165, 1.54) is 51.8 Å². The minimum atomic E-state index is 0.103. The zero-order valence-electron chi connectivity index (χ0n) is 21.1. The summed E-state index contributed by atoms with van der Waals surface area (Å²) in [6, 6.07) is 12.1. The average Bonchev–Trinajstić information content (AvgIpc) is 3.01. The topological polar surface area (TPSA) is 0 Å².